The van der Waals surface area contributed by atoms with Crippen molar-refractivity contribution in [2.75, 3.05) is 126 Å². The van der Waals surface area contributed by atoms with E-state index >= 15 is 0 Å². The zero-order chi connectivity index (χ0) is 67.2. The Morgan fingerprint density at radius 3 is 1.84 bits per heavy atom. The highest BCUT2D eigenvalue weighted by atomic mass is 16.7. The third-order valence-corrected chi connectivity index (χ3v) is 16.7. The molecular weight excluding hydrogens is 1220 g/mol. The smallest absolute Gasteiger partial charge is 0.343 e. The molecule has 0 spiro atoms. The van der Waals surface area contributed by atoms with E-state index < -0.39 is 40.9 Å². The summed E-state index contributed by atoms with van der Waals surface area (Å²) in [5, 5.41) is 17.9. The summed E-state index contributed by atoms with van der Waals surface area (Å²) in [4.78, 5) is 123. The number of unbranched alkanes of at least 4 members (excludes halogenated alkanes) is 3. The van der Waals surface area contributed by atoms with Crippen LogP contribution in [0.2, 0.25) is 0 Å². The van der Waals surface area contributed by atoms with Crippen LogP contribution in [0.4, 0.5) is 0 Å². The number of carbonyl (C=O) groups is 8. The van der Waals surface area contributed by atoms with Gasteiger partial charge >= 0.3 is 5.97 Å². The number of carbonyl (C=O) groups excluding carboxylic acids is 8. The molecule has 6 heterocycles. The molecular formula is C67H94N6O21. The van der Waals surface area contributed by atoms with Gasteiger partial charge in [-0.1, -0.05) is 27.2 Å². The number of amides is 4. The molecule has 5 N–H and O–H groups in total. The lowest BCUT2D eigenvalue weighted by molar-refractivity contribution is -0.172. The van der Waals surface area contributed by atoms with E-state index in [1.807, 2.05) is 13.8 Å². The van der Waals surface area contributed by atoms with Crippen LogP contribution in [0, 0.1) is 11.8 Å². The number of aliphatic hydroxyl groups is 1. The highest BCUT2D eigenvalue weighted by Crippen LogP contribution is 2.43. The number of ether oxygens (including phenoxy) is 11. The third kappa shape index (κ3) is 22.1. The molecule has 4 amide bonds. The van der Waals surface area contributed by atoms with Crippen LogP contribution in [-0.2, 0) is 106 Å². The molecule has 3 aromatic rings. The van der Waals surface area contributed by atoms with Crippen LogP contribution in [0.1, 0.15) is 133 Å². The van der Waals surface area contributed by atoms with Crippen molar-refractivity contribution in [1.29, 1.82) is 0 Å². The SMILES string of the molecule is CC[C@@]1(O)C(=O)OCc2c1cc1n(c2=O)Cc2c-1nc1cc3c(cc1c2CNC(=O)CCC(=O)[C@H](CCCCN)NC(=O)[C@@H](CC(=O)CCOCCOCCOCCOCCOCCOCCOCCOCCCC(=O)CCCCCN1C(=O)C=CC1=O)C(C)C)OCO3. The number of imide groups is 1. The van der Waals surface area contributed by atoms with Crippen LogP contribution in [0.5, 0.6) is 11.5 Å². The van der Waals surface area contributed by atoms with Crippen molar-refractivity contribution >= 4 is 57.9 Å². The predicted octanol–water partition coefficient (Wildman–Crippen LogP) is 3.98. The first kappa shape index (κ1) is 74.5. The van der Waals surface area contributed by atoms with Gasteiger partial charge in [0.15, 0.2) is 22.9 Å². The van der Waals surface area contributed by atoms with Crippen LogP contribution in [0.25, 0.3) is 22.3 Å². The van der Waals surface area contributed by atoms with Gasteiger partial charge in [-0.05, 0) is 75.1 Å². The monoisotopic (exact) mass is 1320 g/mol. The molecule has 518 valence electrons. The maximum absolute atomic E-state index is 14.0. The molecule has 4 aliphatic heterocycles. The number of fused-ring (bicyclic) bond motifs is 6. The second-order valence-electron chi connectivity index (χ2n) is 23.7. The first-order valence-corrected chi connectivity index (χ1v) is 32.9. The summed E-state index contributed by atoms with van der Waals surface area (Å²) < 4.78 is 62.5. The molecule has 0 saturated carbocycles. The number of esters is 1. The molecule has 1 aromatic carbocycles. The number of Topliss-reactive ketones (excluding diaryl/α,β-unsaturated/α-hetero) is 3. The standard InChI is InChI=1S/C67H94N6O21/c1-4-67(83)53-39-56-63-51(42-73(56)65(81)52(53)43-92-66(67)82)50(49-38-58-59(94-44-93-58)40-55(49)70-63)41-69-60(77)15-14-57(76)54(13-7-8-19-68)71-64(80)48(45(2)3)37-47(75)18-22-85-24-26-87-28-30-89-32-34-91-36-35-90-33-31-88-29-27-86-25-23-84-21-10-12-46(74)11-6-5-9-20-72-61(78)16-17-62(72)79/h16-17,38-40,45,48,54,83H,4-15,18-37,41-44,68H2,1-3H3,(H,69,77)(H,71,80)/t48-,54-,67-/m0/s1. The van der Waals surface area contributed by atoms with Crippen molar-refractivity contribution in [2.45, 2.75) is 142 Å². The molecule has 4 aliphatic rings. The van der Waals surface area contributed by atoms with E-state index in [1.54, 1.807) is 25.1 Å². The number of ketones is 3. The molecule has 0 saturated heterocycles. The quantitative estimate of drug-likeness (QED) is 0.0276. The third-order valence-electron chi connectivity index (χ3n) is 16.7. The van der Waals surface area contributed by atoms with Crippen LogP contribution in [0.15, 0.2) is 35.1 Å². The molecule has 0 aliphatic carbocycles. The van der Waals surface area contributed by atoms with Gasteiger partial charge in [0.1, 0.15) is 18.2 Å². The minimum absolute atomic E-state index is 0.00740. The van der Waals surface area contributed by atoms with E-state index in [0.717, 1.165) is 12.8 Å². The Balaban J connectivity index is 0.691. The minimum Gasteiger partial charge on any atom is -0.458 e. The Morgan fingerprint density at radius 2 is 1.24 bits per heavy atom. The van der Waals surface area contributed by atoms with E-state index in [-0.39, 0.29) is 118 Å². The molecule has 7 rings (SSSR count). The Morgan fingerprint density at radius 1 is 0.660 bits per heavy atom. The molecule has 0 unspecified atom stereocenters. The van der Waals surface area contributed by atoms with Gasteiger partial charge in [0, 0.05) is 98.9 Å². The van der Waals surface area contributed by atoms with Gasteiger partial charge in [-0.15, -0.1) is 0 Å². The number of nitrogens with zero attached hydrogens (tertiary/aromatic N) is 3. The average molecular weight is 1320 g/mol. The number of pyridine rings is 2. The van der Waals surface area contributed by atoms with Gasteiger partial charge in [0.2, 0.25) is 18.6 Å². The molecule has 0 radical (unpaired) electrons. The van der Waals surface area contributed by atoms with Crippen LogP contribution >= 0.6 is 0 Å². The molecule has 27 heteroatoms. The van der Waals surface area contributed by atoms with E-state index in [1.165, 1.54) is 21.6 Å². The summed E-state index contributed by atoms with van der Waals surface area (Å²) in [5.74, 6) is -2.57. The largest absolute Gasteiger partial charge is 0.458 e. The molecule has 0 fully saturated rings. The summed E-state index contributed by atoms with van der Waals surface area (Å²) in [6.07, 6.45) is 7.47. The van der Waals surface area contributed by atoms with Crippen molar-refractivity contribution in [2.24, 2.45) is 17.6 Å². The van der Waals surface area contributed by atoms with Gasteiger partial charge in [-0.2, -0.15) is 0 Å². The van der Waals surface area contributed by atoms with Gasteiger partial charge in [-0.25, -0.2) is 9.78 Å². The Hall–Kier alpha value is -6.92. The summed E-state index contributed by atoms with van der Waals surface area (Å²) >= 11 is 0. The lowest BCUT2D eigenvalue weighted by Crippen LogP contribution is -2.45. The normalized spacial score (nSPS) is 16.0. The van der Waals surface area contributed by atoms with Crippen molar-refractivity contribution in [3.63, 3.8) is 0 Å². The van der Waals surface area contributed by atoms with Gasteiger partial charge < -0.3 is 78.1 Å². The fraction of sp³-hybridized carbons (Fsp3) is 0.642. The molecule has 27 nitrogen and oxygen atoms in total. The van der Waals surface area contributed by atoms with E-state index in [2.05, 4.69) is 10.6 Å². The highest BCUT2D eigenvalue weighted by molar-refractivity contribution is 6.12. The van der Waals surface area contributed by atoms with Crippen LogP contribution in [0.3, 0.4) is 0 Å². The first-order valence-electron chi connectivity index (χ1n) is 32.9. The highest BCUT2D eigenvalue weighted by Gasteiger charge is 2.46. The zero-order valence-electron chi connectivity index (χ0n) is 54.6. The van der Waals surface area contributed by atoms with Gasteiger partial charge in [0.25, 0.3) is 17.4 Å². The van der Waals surface area contributed by atoms with E-state index in [0.29, 0.717) is 195 Å². The van der Waals surface area contributed by atoms with Crippen molar-refractivity contribution in [3.05, 3.63) is 63.0 Å². The van der Waals surface area contributed by atoms with Crippen LogP contribution < -0.4 is 31.4 Å². The van der Waals surface area contributed by atoms with Crippen LogP contribution in [-0.4, -0.2) is 198 Å². The summed E-state index contributed by atoms with van der Waals surface area (Å²) in [5.41, 5.74) is 6.28. The number of cyclic esters (lactones) is 1. The summed E-state index contributed by atoms with van der Waals surface area (Å²) in [7, 11) is 0. The number of benzene rings is 1. The molecule has 94 heavy (non-hydrogen) atoms. The van der Waals surface area contributed by atoms with Crippen molar-refractivity contribution in [1.82, 2.24) is 25.1 Å². The number of hydrogen-bond acceptors (Lipinski definition) is 23. The van der Waals surface area contributed by atoms with Gasteiger partial charge in [0.05, 0.1) is 134 Å². The second-order valence-corrected chi connectivity index (χ2v) is 23.7. The maximum Gasteiger partial charge on any atom is 0.343 e. The molecule has 0 bridgehead atoms. The topological polar surface area (TPSA) is 347 Å². The fourth-order valence-corrected chi connectivity index (χ4v) is 11.2. The van der Waals surface area contributed by atoms with Gasteiger partial charge in [-0.3, -0.25) is 43.3 Å². The molecule has 3 atom stereocenters. The minimum atomic E-state index is -2.02. The second kappa shape index (κ2) is 39.2. The number of aromatic nitrogens is 2. The lowest BCUT2D eigenvalue weighted by Gasteiger charge is -2.31. The number of rotatable bonds is 50. The number of hydrogen-bond donors (Lipinski definition) is 4. The summed E-state index contributed by atoms with van der Waals surface area (Å²) in [6, 6.07) is 4.19. The van der Waals surface area contributed by atoms with E-state index in [4.69, 9.17) is 62.8 Å². The molecule has 2 aromatic heterocycles. The fourth-order valence-electron chi connectivity index (χ4n) is 11.2. The first-order chi connectivity index (χ1) is 45.5. The maximum atomic E-state index is 14.0. The van der Waals surface area contributed by atoms with Crippen molar-refractivity contribution in [3.8, 4) is 22.9 Å². The van der Waals surface area contributed by atoms with E-state index in [9.17, 15) is 48.3 Å². The number of nitrogens with two attached hydrogens (primary N) is 1. The number of nitrogens with one attached hydrogen (secondary N) is 2. The average Bonchev–Trinajstić information content (AvgIpc) is 1.56. The van der Waals surface area contributed by atoms with Crippen molar-refractivity contribution < 1.29 is 95.6 Å². The Labute approximate surface area is 547 Å². The summed E-state index contributed by atoms with van der Waals surface area (Å²) in [6.45, 7) is 11.9. The lowest BCUT2D eigenvalue weighted by atomic mass is 9.86. The predicted molar refractivity (Wildman–Crippen MR) is 339 cm³/mol. The Bertz CT molecular complexity index is 3130. The Kier molecular flexibility index (Phi) is 31.1. The zero-order valence-corrected chi connectivity index (χ0v) is 54.6.